The molecule has 1 aromatic rings. The van der Waals surface area contributed by atoms with Crippen LogP contribution < -0.4 is 5.32 Å². The van der Waals surface area contributed by atoms with E-state index in [1.807, 2.05) is 13.8 Å². The first-order valence-corrected chi connectivity index (χ1v) is 11.6. The highest BCUT2D eigenvalue weighted by Gasteiger charge is 2.28. The first-order valence-electron chi connectivity index (χ1n) is 10.6. The van der Waals surface area contributed by atoms with Crippen molar-refractivity contribution in [2.75, 3.05) is 26.5 Å². The fourth-order valence-corrected chi connectivity index (χ4v) is 3.77. The number of phenols is 1. The fourth-order valence-electron chi connectivity index (χ4n) is 2.74. The van der Waals surface area contributed by atoms with Crippen LogP contribution in [0.15, 0.2) is 29.2 Å². The molecule has 0 saturated heterocycles. The van der Waals surface area contributed by atoms with E-state index in [1.54, 1.807) is 24.3 Å². The molecule has 184 valence electrons. The summed E-state index contributed by atoms with van der Waals surface area (Å²) in [5.74, 6) is -0.926. The highest BCUT2D eigenvalue weighted by atomic mass is 32.2. The van der Waals surface area contributed by atoms with Gasteiger partial charge in [0.15, 0.2) is 0 Å². The SMILES string of the molecule is COC(=O)N(C)C(=O)CCCNC(=O)N(O)C(=O)[C@@H](CCC(C)C)CSc1ccc(O)cc1. The van der Waals surface area contributed by atoms with Gasteiger partial charge in [0, 0.05) is 30.7 Å². The van der Waals surface area contributed by atoms with Crippen LogP contribution in [-0.4, -0.2) is 70.7 Å². The van der Waals surface area contributed by atoms with Crippen LogP contribution in [0.4, 0.5) is 9.59 Å². The van der Waals surface area contributed by atoms with Crippen molar-refractivity contribution in [2.45, 2.75) is 44.4 Å². The number of hydrogen-bond acceptors (Lipinski definition) is 8. The Balaban J connectivity index is 2.59. The van der Waals surface area contributed by atoms with Gasteiger partial charge in [-0.05, 0) is 43.0 Å². The van der Waals surface area contributed by atoms with Gasteiger partial charge in [-0.15, -0.1) is 16.8 Å². The molecule has 1 rings (SSSR count). The monoisotopic (exact) mass is 483 g/mol. The molecule has 0 radical (unpaired) electrons. The molecule has 0 heterocycles. The number of benzene rings is 1. The Morgan fingerprint density at radius 3 is 2.33 bits per heavy atom. The highest BCUT2D eigenvalue weighted by Crippen LogP contribution is 2.26. The largest absolute Gasteiger partial charge is 0.508 e. The minimum Gasteiger partial charge on any atom is -0.508 e. The first-order chi connectivity index (χ1) is 15.6. The molecule has 0 aliphatic heterocycles. The van der Waals surface area contributed by atoms with Crippen LogP contribution in [0, 0.1) is 11.8 Å². The Morgan fingerprint density at radius 1 is 1.12 bits per heavy atom. The molecule has 0 aliphatic rings. The summed E-state index contributed by atoms with van der Waals surface area (Å²) in [7, 11) is 2.45. The number of nitrogens with one attached hydrogen (secondary N) is 1. The molecule has 0 aromatic heterocycles. The predicted octanol–water partition coefficient (Wildman–Crippen LogP) is 3.47. The summed E-state index contributed by atoms with van der Waals surface area (Å²) in [6.45, 7) is 4.08. The summed E-state index contributed by atoms with van der Waals surface area (Å²) in [6.07, 6.45) is 0.652. The maximum atomic E-state index is 12.8. The van der Waals surface area contributed by atoms with Crippen molar-refractivity contribution in [1.82, 2.24) is 15.3 Å². The molecule has 0 spiro atoms. The molecule has 5 amide bonds. The van der Waals surface area contributed by atoms with Crippen molar-refractivity contribution in [2.24, 2.45) is 11.8 Å². The van der Waals surface area contributed by atoms with Gasteiger partial charge in [-0.25, -0.2) is 9.59 Å². The Kier molecular flexibility index (Phi) is 12.3. The number of hydroxylamine groups is 2. The van der Waals surface area contributed by atoms with Crippen LogP contribution in [-0.2, 0) is 14.3 Å². The van der Waals surface area contributed by atoms with Crippen LogP contribution in [0.3, 0.4) is 0 Å². The summed E-state index contributed by atoms with van der Waals surface area (Å²) in [5.41, 5.74) is 0. The summed E-state index contributed by atoms with van der Waals surface area (Å²) in [6, 6.07) is 5.58. The van der Waals surface area contributed by atoms with E-state index in [1.165, 1.54) is 18.8 Å². The van der Waals surface area contributed by atoms with Crippen molar-refractivity contribution in [3.8, 4) is 5.75 Å². The number of amides is 5. The number of carbonyl (C=O) groups is 4. The van der Waals surface area contributed by atoms with Crippen molar-refractivity contribution >= 4 is 35.7 Å². The Morgan fingerprint density at radius 2 is 1.76 bits per heavy atom. The first kappa shape index (κ1) is 28.2. The molecule has 11 heteroatoms. The highest BCUT2D eigenvalue weighted by molar-refractivity contribution is 7.99. The van der Waals surface area contributed by atoms with E-state index in [4.69, 9.17) is 0 Å². The molecule has 0 fully saturated rings. The molecule has 0 bridgehead atoms. The lowest BCUT2D eigenvalue weighted by atomic mass is 9.98. The third-order valence-corrected chi connectivity index (χ3v) is 5.97. The number of thioether (sulfide) groups is 1. The predicted molar refractivity (Wildman–Crippen MR) is 123 cm³/mol. The number of nitrogens with zero attached hydrogens (tertiary/aromatic N) is 2. The van der Waals surface area contributed by atoms with Gasteiger partial charge in [0.05, 0.1) is 13.0 Å². The fraction of sp³-hybridized carbons (Fsp3) is 0.545. The molecule has 1 aromatic carbocycles. The van der Waals surface area contributed by atoms with Crippen LogP contribution in [0.25, 0.3) is 0 Å². The second-order valence-electron chi connectivity index (χ2n) is 7.88. The number of phenolic OH excluding ortho intramolecular Hbond substituents is 1. The molecule has 3 N–H and O–H groups in total. The van der Waals surface area contributed by atoms with E-state index in [0.717, 1.165) is 23.3 Å². The molecule has 0 aliphatic carbocycles. The van der Waals surface area contributed by atoms with Crippen LogP contribution >= 0.6 is 11.8 Å². The average Bonchev–Trinajstić information content (AvgIpc) is 2.80. The van der Waals surface area contributed by atoms with E-state index >= 15 is 0 Å². The summed E-state index contributed by atoms with van der Waals surface area (Å²) in [4.78, 5) is 49.8. The van der Waals surface area contributed by atoms with Gasteiger partial charge in [-0.3, -0.25) is 19.7 Å². The lowest BCUT2D eigenvalue weighted by molar-refractivity contribution is -0.157. The number of methoxy groups -OCH3 is 1. The van der Waals surface area contributed by atoms with Gasteiger partial charge in [-0.1, -0.05) is 20.3 Å². The van der Waals surface area contributed by atoms with Crippen molar-refractivity contribution in [3.63, 3.8) is 0 Å². The third-order valence-electron chi connectivity index (χ3n) is 4.80. The van der Waals surface area contributed by atoms with Gasteiger partial charge >= 0.3 is 12.1 Å². The molecular formula is C22H33N3O7S. The van der Waals surface area contributed by atoms with Gasteiger partial charge in [0.2, 0.25) is 5.91 Å². The average molecular weight is 484 g/mol. The summed E-state index contributed by atoms with van der Waals surface area (Å²) < 4.78 is 4.45. The van der Waals surface area contributed by atoms with Crippen molar-refractivity contribution < 1.29 is 34.2 Å². The Labute approximate surface area is 198 Å². The van der Waals surface area contributed by atoms with E-state index in [-0.39, 0.29) is 30.2 Å². The molecule has 33 heavy (non-hydrogen) atoms. The lowest BCUT2D eigenvalue weighted by Gasteiger charge is -2.21. The maximum Gasteiger partial charge on any atom is 0.415 e. The van der Waals surface area contributed by atoms with Crippen molar-refractivity contribution in [1.29, 1.82) is 0 Å². The molecule has 0 unspecified atom stereocenters. The number of hydrogen-bond donors (Lipinski definition) is 3. The summed E-state index contributed by atoms with van der Waals surface area (Å²) >= 11 is 1.40. The van der Waals surface area contributed by atoms with E-state index in [2.05, 4.69) is 10.1 Å². The minimum atomic E-state index is -0.974. The van der Waals surface area contributed by atoms with E-state index in [9.17, 15) is 29.5 Å². The molecular weight excluding hydrogens is 450 g/mol. The van der Waals surface area contributed by atoms with Gasteiger partial charge in [0.25, 0.3) is 5.91 Å². The number of imide groups is 2. The number of aromatic hydroxyl groups is 1. The van der Waals surface area contributed by atoms with Gasteiger partial charge < -0.3 is 15.2 Å². The Bertz CT molecular complexity index is 802. The second kappa shape index (κ2) is 14.4. The van der Waals surface area contributed by atoms with E-state index in [0.29, 0.717) is 18.1 Å². The zero-order chi connectivity index (χ0) is 25.0. The number of urea groups is 1. The minimum absolute atomic E-state index is 0.0223. The standard InChI is InChI=1S/C22H33N3O7S/c1-15(2)7-8-16(14-33-18-11-9-17(26)10-12-18)20(28)25(31)21(29)23-13-5-6-19(27)24(3)22(30)32-4/h9-12,15-16,26,31H,5-8,13-14H2,1-4H3,(H,23,29)/t16-/m0/s1. The molecule has 10 nitrogen and oxygen atoms in total. The lowest BCUT2D eigenvalue weighted by Crippen LogP contribution is -2.45. The van der Waals surface area contributed by atoms with Crippen LogP contribution in [0.5, 0.6) is 5.75 Å². The van der Waals surface area contributed by atoms with Crippen LogP contribution in [0.1, 0.15) is 39.5 Å². The Hall–Kier alpha value is -2.79. The van der Waals surface area contributed by atoms with Gasteiger partial charge in [0.1, 0.15) is 5.75 Å². The van der Waals surface area contributed by atoms with E-state index < -0.39 is 29.9 Å². The third kappa shape index (κ3) is 10.1. The molecule has 1 atom stereocenters. The quantitative estimate of drug-likeness (QED) is 0.188. The number of ether oxygens (including phenoxy) is 1. The zero-order valence-corrected chi connectivity index (χ0v) is 20.3. The number of rotatable bonds is 11. The topological polar surface area (TPSA) is 136 Å². The number of carbonyl (C=O) groups excluding carboxylic acids is 4. The second-order valence-corrected chi connectivity index (χ2v) is 8.97. The molecule has 0 saturated carbocycles. The zero-order valence-electron chi connectivity index (χ0n) is 19.4. The van der Waals surface area contributed by atoms with Crippen LogP contribution in [0.2, 0.25) is 0 Å². The van der Waals surface area contributed by atoms with Gasteiger partial charge in [-0.2, -0.15) is 0 Å². The normalized spacial score (nSPS) is 11.6. The van der Waals surface area contributed by atoms with Crippen molar-refractivity contribution in [3.05, 3.63) is 24.3 Å². The maximum absolute atomic E-state index is 12.8. The summed E-state index contributed by atoms with van der Waals surface area (Å²) in [5, 5.41) is 22.0. The smallest absolute Gasteiger partial charge is 0.415 e.